The molecule has 7 rings (SSSR count). The summed E-state index contributed by atoms with van der Waals surface area (Å²) in [6, 6.07) is 11.5. The maximum atomic E-state index is 13.7. The van der Waals surface area contributed by atoms with Crippen LogP contribution in [-0.2, 0) is 7.05 Å². The summed E-state index contributed by atoms with van der Waals surface area (Å²) in [5, 5.41) is 4.40. The molecule has 6 heteroatoms. The van der Waals surface area contributed by atoms with Gasteiger partial charge in [0, 0.05) is 37.9 Å². The molecule has 2 aromatic heterocycles. The molecule has 0 N–H and O–H groups in total. The molecule has 2 bridgehead atoms. The van der Waals surface area contributed by atoms with E-state index in [-0.39, 0.29) is 5.91 Å². The zero-order chi connectivity index (χ0) is 18.8. The first kappa shape index (κ1) is 16.4. The molecule has 3 aromatic rings. The summed E-state index contributed by atoms with van der Waals surface area (Å²) in [5.41, 5.74) is 2.96. The van der Waals surface area contributed by atoms with Crippen molar-refractivity contribution in [1.29, 1.82) is 0 Å². The van der Waals surface area contributed by atoms with Crippen molar-refractivity contribution in [2.45, 2.75) is 30.8 Å². The largest absolute Gasteiger partial charge is 0.334 e. The molecule has 1 amide bonds. The van der Waals surface area contributed by atoms with Crippen LogP contribution in [0.1, 0.15) is 34.7 Å². The van der Waals surface area contributed by atoms with Gasteiger partial charge in [0.25, 0.3) is 5.91 Å². The van der Waals surface area contributed by atoms with Crippen molar-refractivity contribution in [3.8, 4) is 0 Å². The first-order valence-electron chi connectivity index (χ1n) is 10.3. The molecule has 4 aliphatic rings. The van der Waals surface area contributed by atoms with Crippen molar-refractivity contribution < 1.29 is 4.79 Å². The minimum atomic E-state index is 0.138. The molecule has 6 nitrogen and oxygen atoms in total. The first-order chi connectivity index (χ1) is 13.7. The van der Waals surface area contributed by atoms with Crippen LogP contribution in [0.15, 0.2) is 48.9 Å². The average Bonchev–Trinajstić information content (AvgIpc) is 3.45. The normalized spacial score (nSPS) is 31.5. The Labute approximate surface area is 164 Å². The lowest BCUT2D eigenvalue weighted by Gasteiger charge is -2.51. The van der Waals surface area contributed by atoms with Gasteiger partial charge in [-0.1, -0.05) is 30.3 Å². The standard InChI is InChI=1S/C22H25N5O/c1-24-11-12-27-21(24)17(13-23-27)22(28)26-14-18(15-5-3-2-4-6-15)20-19(26)16-7-9-25(20)10-8-16/h2-6,11-13,16,18-20H,7-10,14H2,1H3/t18-,19+,20+/m1/s1. The number of benzene rings is 1. The quantitative estimate of drug-likeness (QED) is 0.691. The first-order valence-corrected chi connectivity index (χ1v) is 10.3. The highest BCUT2D eigenvalue weighted by Gasteiger charge is 2.54. The molecule has 0 saturated carbocycles. The number of hydrogen-bond donors (Lipinski definition) is 0. The second-order valence-electron chi connectivity index (χ2n) is 8.56. The number of carbonyl (C=O) groups is 1. The van der Waals surface area contributed by atoms with Gasteiger partial charge < -0.3 is 9.47 Å². The topological polar surface area (TPSA) is 45.8 Å². The summed E-state index contributed by atoms with van der Waals surface area (Å²) in [7, 11) is 1.97. The minimum absolute atomic E-state index is 0.138. The van der Waals surface area contributed by atoms with Crippen LogP contribution < -0.4 is 0 Å². The van der Waals surface area contributed by atoms with E-state index in [1.807, 2.05) is 24.0 Å². The van der Waals surface area contributed by atoms with Crippen molar-refractivity contribution in [3.05, 3.63) is 60.0 Å². The van der Waals surface area contributed by atoms with Gasteiger partial charge in [-0.05, 0) is 37.4 Å². The highest BCUT2D eigenvalue weighted by Crippen LogP contribution is 2.47. The second kappa shape index (κ2) is 5.95. The molecule has 4 aliphatic heterocycles. The number of fused-ring (bicyclic) bond motifs is 3. The maximum Gasteiger partial charge on any atom is 0.259 e. The predicted octanol–water partition coefficient (Wildman–Crippen LogP) is 2.38. The van der Waals surface area contributed by atoms with Crippen molar-refractivity contribution >= 4 is 11.6 Å². The number of likely N-dealkylation sites (tertiary alicyclic amines) is 1. The number of aryl methyl sites for hydroxylation is 1. The Bertz CT molecular complexity index is 1030. The van der Waals surface area contributed by atoms with Gasteiger partial charge >= 0.3 is 0 Å². The minimum Gasteiger partial charge on any atom is -0.334 e. The monoisotopic (exact) mass is 375 g/mol. The Kier molecular flexibility index (Phi) is 3.48. The molecule has 28 heavy (non-hydrogen) atoms. The highest BCUT2D eigenvalue weighted by molar-refractivity contribution is 6.00. The second-order valence-corrected chi connectivity index (χ2v) is 8.56. The molecule has 0 spiro atoms. The third-order valence-corrected chi connectivity index (χ3v) is 7.25. The lowest BCUT2D eigenvalue weighted by Crippen LogP contribution is -2.60. The number of carbonyl (C=O) groups excluding carboxylic acids is 1. The van der Waals surface area contributed by atoms with Crippen LogP contribution >= 0.6 is 0 Å². The van der Waals surface area contributed by atoms with Gasteiger partial charge in [0.1, 0.15) is 11.2 Å². The van der Waals surface area contributed by atoms with Crippen LogP contribution in [0.3, 0.4) is 0 Å². The fourth-order valence-corrected chi connectivity index (χ4v) is 6.00. The third-order valence-electron chi connectivity index (χ3n) is 7.25. The molecule has 1 aromatic carbocycles. The van der Waals surface area contributed by atoms with Crippen LogP contribution in [0, 0.1) is 5.92 Å². The van der Waals surface area contributed by atoms with E-state index in [0.29, 0.717) is 23.9 Å². The molecule has 6 heterocycles. The van der Waals surface area contributed by atoms with E-state index in [9.17, 15) is 4.79 Å². The van der Waals surface area contributed by atoms with Gasteiger partial charge in [0.15, 0.2) is 0 Å². The van der Waals surface area contributed by atoms with E-state index >= 15 is 0 Å². The lowest BCUT2D eigenvalue weighted by molar-refractivity contribution is -0.00336. The number of piperidine rings is 3. The Morgan fingerprint density at radius 1 is 1.07 bits per heavy atom. The zero-order valence-corrected chi connectivity index (χ0v) is 16.1. The van der Waals surface area contributed by atoms with Gasteiger partial charge in [0.2, 0.25) is 0 Å². The van der Waals surface area contributed by atoms with E-state index in [0.717, 1.165) is 17.8 Å². The van der Waals surface area contributed by atoms with Gasteiger partial charge in [-0.2, -0.15) is 5.10 Å². The Morgan fingerprint density at radius 3 is 2.64 bits per heavy atom. The highest BCUT2D eigenvalue weighted by atomic mass is 16.2. The van der Waals surface area contributed by atoms with Gasteiger partial charge in [-0.3, -0.25) is 9.69 Å². The van der Waals surface area contributed by atoms with Crippen LogP contribution in [0.4, 0.5) is 0 Å². The Hall–Kier alpha value is -2.60. The summed E-state index contributed by atoms with van der Waals surface area (Å²) < 4.78 is 3.78. The number of aromatic nitrogens is 3. The van der Waals surface area contributed by atoms with Crippen LogP contribution in [0.5, 0.6) is 0 Å². The SMILES string of the molecule is Cn1ccn2ncc(C(=O)N3C[C@H](c4ccccc4)[C@H]4[C@@H]3C3CCN4CC3)c12. The van der Waals surface area contributed by atoms with E-state index in [2.05, 4.69) is 45.2 Å². The Balaban J connectivity index is 1.42. The lowest BCUT2D eigenvalue weighted by atomic mass is 9.75. The van der Waals surface area contributed by atoms with Crippen molar-refractivity contribution in [2.24, 2.45) is 13.0 Å². The number of rotatable bonds is 2. The molecule has 144 valence electrons. The predicted molar refractivity (Wildman–Crippen MR) is 106 cm³/mol. The third kappa shape index (κ3) is 2.18. The van der Waals surface area contributed by atoms with E-state index in [1.165, 1.54) is 31.5 Å². The molecule has 0 radical (unpaired) electrons. The van der Waals surface area contributed by atoms with Gasteiger partial charge in [-0.25, -0.2) is 4.52 Å². The van der Waals surface area contributed by atoms with Gasteiger partial charge in [-0.15, -0.1) is 0 Å². The fourth-order valence-electron chi connectivity index (χ4n) is 6.00. The van der Waals surface area contributed by atoms with E-state index in [1.54, 1.807) is 10.7 Å². The molecule has 3 atom stereocenters. The average molecular weight is 375 g/mol. The fraction of sp³-hybridized carbons (Fsp3) is 0.455. The molecule has 0 unspecified atom stereocenters. The van der Waals surface area contributed by atoms with Crippen molar-refractivity contribution in [3.63, 3.8) is 0 Å². The summed E-state index contributed by atoms with van der Waals surface area (Å²) in [4.78, 5) is 18.5. The number of hydrogen-bond acceptors (Lipinski definition) is 3. The summed E-state index contributed by atoms with van der Waals surface area (Å²) >= 11 is 0. The summed E-state index contributed by atoms with van der Waals surface area (Å²) in [6.07, 6.45) is 8.01. The van der Waals surface area contributed by atoms with Gasteiger partial charge in [0.05, 0.1) is 12.2 Å². The van der Waals surface area contributed by atoms with Crippen LogP contribution in [-0.4, -0.2) is 61.6 Å². The maximum absolute atomic E-state index is 13.7. The number of imidazole rings is 1. The number of amides is 1. The molecular weight excluding hydrogens is 350 g/mol. The summed E-state index contributed by atoms with van der Waals surface area (Å²) in [5.74, 6) is 1.14. The van der Waals surface area contributed by atoms with Crippen molar-refractivity contribution in [1.82, 2.24) is 24.0 Å². The molecule has 4 fully saturated rings. The Morgan fingerprint density at radius 2 is 1.86 bits per heavy atom. The van der Waals surface area contributed by atoms with E-state index < -0.39 is 0 Å². The smallest absolute Gasteiger partial charge is 0.259 e. The van der Waals surface area contributed by atoms with Crippen LogP contribution in [0.2, 0.25) is 0 Å². The molecule has 0 aliphatic carbocycles. The molecule has 4 saturated heterocycles. The van der Waals surface area contributed by atoms with Crippen LogP contribution in [0.25, 0.3) is 5.65 Å². The molecular formula is C22H25N5O. The number of nitrogens with zero attached hydrogens (tertiary/aromatic N) is 5. The zero-order valence-electron chi connectivity index (χ0n) is 16.1. The van der Waals surface area contributed by atoms with Crippen molar-refractivity contribution in [2.75, 3.05) is 19.6 Å². The summed E-state index contributed by atoms with van der Waals surface area (Å²) in [6.45, 7) is 3.15. The van der Waals surface area contributed by atoms with E-state index in [4.69, 9.17) is 0 Å².